The van der Waals surface area contributed by atoms with Crippen LogP contribution in [0.4, 0.5) is 0 Å². The molecule has 1 aliphatic heterocycles. The fourth-order valence-corrected chi connectivity index (χ4v) is 4.89. The van der Waals surface area contributed by atoms with Crippen LogP contribution in [0, 0.1) is 0 Å². The fourth-order valence-electron chi connectivity index (χ4n) is 2.80. The van der Waals surface area contributed by atoms with Crippen LogP contribution in [0.15, 0.2) is 89.6 Å². The van der Waals surface area contributed by atoms with Gasteiger partial charge in [-0.2, -0.15) is 0 Å². The summed E-state index contributed by atoms with van der Waals surface area (Å²) >= 11 is 0. The fraction of sp³-hybridized carbons (Fsp3) is 0.0952. The molecule has 1 atom stereocenters. The molecule has 0 saturated heterocycles. The first-order valence-corrected chi connectivity index (χ1v) is 10.6. The van der Waals surface area contributed by atoms with E-state index in [1.807, 2.05) is 18.2 Å². The summed E-state index contributed by atoms with van der Waals surface area (Å²) < 4.78 is 12.1. The number of amidine groups is 1. The summed E-state index contributed by atoms with van der Waals surface area (Å²) in [5.41, 5.74) is 2.10. The van der Waals surface area contributed by atoms with Crippen molar-refractivity contribution >= 4 is 26.7 Å². The van der Waals surface area contributed by atoms with Gasteiger partial charge >= 0.3 is 0 Å². The topological polar surface area (TPSA) is 98.1 Å². The third-order valence-corrected chi connectivity index (χ3v) is 6.71. The molecule has 2 aromatic heterocycles. The number of hydrogen-bond acceptors (Lipinski definition) is 7. The Kier molecular flexibility index (Phi) is 5.94. The number of rotatable bonds is 6. The Hall–Kier alpha value is -3.40. The van der Waals surface area contributed by atoms with E-state index in [0.29, 0.717) is 10.6 Å². The molecule has 1 unspecified atom stereocenters. The third-order valence-electron chi connectivity index (χ3n) is 4.27. The van der Waals surface area contributed by atoms with Gasteiger partial charge in [0.15, 0.2) is 5.04 Å². The molecule has 1 N–H and O–H groups in total. The zero-order chi connectivity index (χ0) is 20.8. The summed E-state index contributed by atoms with van der Waals surface area (Å²) in [5.74, 6) is -0.320. The lowest BCUT2D eigenvalue weighted by Gasteiger charge is -2.38. The Morgan fingerprint density at radius 1 is 0.967 bits per heavy atom. The van der Waals surface area contributed by atoms with Gasteiger partial charge in [-0.1, -0.05) is 34.9 Å². The minimum atomic E-state index is -2.62. The predicted molar refractivity (Wildman–Crippen MR) is 116 cm³/mol. The van der Waals surface area contributed by atoms with Crippen LogP contribution >= 0.6 is 10.6 Å². The molecule has 1 amide bonds. The number of benzene rings is 1. The van der Waals surface area contributed by atoms with Gasteiger partial charge in [0.25, 0.3) is 5.91 Å². The minimum absolute atomic E-state index is 0.210. The van der Waals surface area contributed by atoms with Crippen molar-refractivity contribution in [2.75, 3.05) is 7.11 Å². The Labute approximate surface area is 175 Å². The van der Waals surface area contributed by atoms with Crippen molar-refractivity contribution < 1.29 is 13.2 Å². The predicted octanol–water partition coefficient (Wildman–Crippen LogP) is 3.44. The molecular weight excluding hydrogens is 402 g/mol. The van der Waals surface area contributed by atoms with Gasteiger partial charge in [0.2, 0.25) is 5.17 Å². The molecule has 152 valence electrons. The molecule has 8 nitrogen and oxygen atoms in total. The first-order chi connectivity index (χ1) is 14.7. The van der Waals surface area contributed by atoms with Crippen molar-refractivity contribution in [2.24, 2.45) is 10.2 Å². The van der Waals surface area contributed by atoms with Gasteiger partial charge in [-0.25, -0.2) is 0 Å². The van der Waals surface area contributed by atoms with Gasteiger partial charge in [-0.3, -0.25) is 28.4 Å². The van der Waals surface area contributed by atoms with Gasteiger partial charge in [-0.15, -0.1) is 10.2 Å². The highest BCUT2D eigenvalue weighted by Gasteiger charge is 2.40. The van der Waals surface area contributed by atoms with E-state index in [9.17, 15) is 4.79 Å². The molecule has 0 aliphatic carbocycles. The Balaban J connectivity index is 1.65. The number of aromatic nitrogens is 2. The summed E-state index contributed by atoms with van der Waals surface area (Å²) in [7, 11) is -1.10. The molecule has 3 heterocycles. The molecule has 0 saturated carbocycles. The number of nitrogens with one attached hydrogen (secondary N) is 1. The van der Waals surface area contributed by atoms with Crippen LogP contribution < -0.4 is 5.32 Å². The SMILES string of the molecule is COS1(OCc2cccnc2)C(NC(=O)c2ccccc2)=NN=C1c1ccncc1. The number of hydrogen-bond donors (Lipinski definition) is 1. The summed E-state index contributed by atoms with van der Waals surface area (Å²) in [4.78, 5) is 20.9. The lowest BCUT2D eigenvalue weighted by molar-refractivity contribution is 0.0977. The molecular formula is C21H19N5O3S. The van der Waals surface area contributed by atoms with Crippen LogP contribution in [0.1, 0.15) is 21.5 Å². The van der Waals surface area contributed by atoms with E-state index in [0.717, 1.165) is 11.1 Å². The lowest BCUT2D eigenvalue weighted by atomic mass is 10.2. The summed E-state index contributed by atoms with van der Waals surface area (Å²) in [5, 5.41) is 12.1. The van der Waals surface area contributed by atoms with E-state index in [2.05, 4.69) is 25.5 Å². The second kappa shape index (κ2) is 8.95. The smallest absolute Gasteiger partial charge is 0.257 e. The molecule has 9 heteroatoms. The van der Waals surface area contributed by atoms with E-state index in [1.165, 1.54) is 7.11 Å². The largest absolute Gasteiger partial charge is 0.291 e. The quantitative estimate of drug-likeness (QED) is 0.657. The van der Waals surface area contributed by atoms with E-state index in [-0.39, 0.29) is 17.7 Å². The maximum absolute atomic E-state index is 12.8. The van der Waals surface area contributed by atoms with Crippen LogP contribution in [0.2, 0.25) is 0 Å². The second-order valence-corrected chi connectivity index (χ2v) is 8.51. The molecule has 1 aliphatic rings. The maximum Gasteiger partial charge on any atom is 0.257 e. The number of carbonyl (C=O) groups is 1. The first-order valence-electron chi connectivity index (χ1n) is 9.07. The number of pyridine rings is 2. The van der Waals surface area contributed by atoms with Crippen LogP contribution in [-0.2, 0) is 15.0 Å². The number of nitrogens with zero attached hydrogens (tertiary/aromatic N) is 4. The highest BCUT2D eigenvalue weighted by molar-refractivity contribution is 8.49. The molecule has 4 rings (SSSR count). The molecule has 0 spiro atoms. The Bertz CT molecular complexity index is 1080. The standard InChI is InChI=1S/C21H19N5O3S/c1-28-30(29-15-16-6-5-11-23-14-16)20(18-9-12-22-13-10-18)25-26-21(30)24-19(27)17-7-3-2-4-8-17/h2-14H,15H2,1H3,(H,24,26,27). The molecule has 0 radical (unpaired) electrons. The van der Waals surface area contributed by atoms with Crippen LogP contribution in [-0.4, -0.2) is 33.2 Å². The van der Waals surface area contributed by atoms with Gasteiger partial charge in [0.1, 0.15) is 0 Å². The number of carbonyl (C=O) groups excluding carboxylic acids is 1. The maximum atomic E-state index is 12.8. The van der Waals surface area contributed by atoms with Crippen molar-refractivity contribution in [1.29, 1.82) is 0 Å². The van der Waals surface area contributed by atoms with Gasteiger partial charge in [-0.05, 0) is 35.9 Å². The number of amides is 1. The van der Waals surface area contributed by atoms with Crippen LogP contribution in [0.25, 0.3) is 0 Å². The summed E-state index contributed by atoms with van der Waals surface area (Å²) in [6, 6.07) is 16.2. The first kappa shape index (κ1) is 19.9. The average Bonchev–Trinajstić information content (AvgIpc) is 3.17. The van der Waals surface area contributed by atoms with E-state index < -0.39 is 10.6 Å². The van der Waals surface area contributed by atoms with Crippen LogP contribution in [0.5, 0.6) is 0 Å². The lowest BCUT2D eigenvalue weighted by Crippen LogP contribution is -2.36. The van der Waals surface area contributed by atoms with Gasteiger partial charge in [0, 0.05) is 35.9 Å². The van der Waals surface area contributed by atoms with Crippen molar-refractivity contribution in [2.45, 2.75) is 6.61 Å². The monoisotopic (exact) mass is 421 g/mol. The summed E-state index contributed by atoms with van der Waals surface area (Å²) in [6.07, 6.45) is 6.70. The Morgan fingerprint density at radius 3 is 2.47 bits per heavy atom. The highest BCUT2D eigenvalue weighted by Crippen LogP contribution is 2.56. The molecule has 30 heavy (non-hydrogen) atoms. The van der Waals surface area contributed by atoms with E-state index in [4.69, 9.17) is 8.37 Å². The zero-order valence-corrected chi connectivity index (χ0v) is 17.0. The van der Waals surface area contributed by atoms with Gasteiger partial charge < -0.3 is 0 Å². The molecule has 1 aromatic carbocycles. The zero-order valence-electron chi connectivity index (χ0n) is 16.1. The highest BCUT2D eigenvalue weighted by atomic mass is 32.3. The van der Waals surface area contributed by atoms with E-state index in [1.54, 1.807) is 61.2 Å². The van der Waals surface area contributed by atoms with Crippen molar-refractivity contribution in [1.82, 2.24) is 15.3 Å². The average molecular weight is 421 g/mol. The van der Waals surface area contributed by atoms with Gasteiger partial charge in [0.05, 0.1) is 13.7 Å². The second-order valence-electron chi connectivity index (χ2n) is 6.16. The molecule has 0 bridgehead atoms. The summed E-state index contributed by atoms with van der Waals surface area (Å²) in [6.45, 7) is 0.210. The van der Waals surface area contributed by atoms with Crippen molar-refractivity contribution in [3.63, 3.8) is 0 Å². The van der Waals surface area contributed by atoms with Crippen LogP contribution in [0.3, 0.4) is 0 Å². The van der Waals surface area contributed by atoms with Crippen molar-refractivity contribution in [3.8, 4) is 0 Å². The van der Waals surface area contributed by atoms with E-state index >= 15 is 0 Å². The molecule has 3 aromatic rings. The molecule has 0 fully saturated rings. The minimum Gasteiger partial charge on any atom is -0.291 e. The Morgan fingerprint density at radius 2 is 1.77 bits per heavy atom. The third kappa shape index (κ3) is 3.99. The van der Waals surface area contributed by atoms with Crippen molar-refractivity contribution in [3.05, 3.63) is 96.1 Å². The normalized spacial score (nSPS) is 20.0.